The molecule has 0 radical (unpaired) electrons. The van der Waals surface area contributed by atoms with E-state index in [0.717, 1.165) is 17.0 Å². The van der Waals surface area contributed by atoms with E-state index in [4.69, 9.17) is 5.11 Å². The fourth-order valence-corrected chi connectivity index (χ4v) is 3.97. The highest BCUT2D eigenvalue weighted by molar-refractivity contribution is 8.18. The summed E-state index contributed by atoms with van der Waals surface area (Å²) in [6.45, 7) is 6.02. The molecule has 1 aromatic heterocycles. The number of carbonyl (C=O) groups is 2. The normalized spacial score (nSPS) is 17.1. The second-order valence-electron chi connectivity index (χ2n) is 5.47. The SMILES string of the molecule is C=CCN1C(=O)/C(=C\c2ccc(C(=O)O)cc2)SC1=Nc1nnc(CC)s1. The first-order valence-corrected chi connectivity index (χ1v) is 9.72. The molecule has 1 amide bonds. The van der Waals surface area contributed by atoms with Crippen molar-refractivity contribution in [3.63, 3.8) is 0 Å². The Kier molecular flexibility index (Phi) is 5.82. The topological polar surface area (TPSA) is 95.8 Å². The highest BCUT2D eigenvalue weighted by Crippen LogP contribution is 2.34. The molecule has 1 aliphatic heterocycles. The monoisotopic (exact) mass is 400 g/mol. The third-order valence-corrected chi connectivity index (χ3v) is 5.57. The maximum Gasteiger partial charge on any atom is 0.335 e. The van der Waals surface area contributed by atoms with Gasteiger partial charge in [0, 0.05) is 6.54 Å². The number of thioether (sulfide) groups is 1. The molecule has 0 bridgehead atoms. The molecular formula is C18H16N4O3S2. The van der Waals surface area contributed by atoms with Crippen LogP contribution in [0.25, 0.3) is 6.08 Å². The highest BCUT2D eigenvalue weighted by atomic mass is 32.2. The maximum atomic E-state index is 12.7. The molecule has 1 saturated heterocycles. The quantitative estimate of drug-likeness (QED) is 0.588. The average Bonchev–Trinajstić information content (AvgIpc) is 3.22. The third kappa shape index (κ3) is 4.32. The predicted octanol–water partition coefficient (Wildman–Crippen LogP) is 3.59. The van der Waals surface area contributed by atoms with E-state index in [0.29, 0.717) is 21.7 Å². The number of benzene rings is 1. The molecule has 0 aliphatic carbocycles. The first-order chi connectivity index (χ1) is 13.0. The van der Waals surface area contributed by atoms with Gasteiger partial charge >= 0.3 is 5.97 Å². The van der Waals surface area contributed by atoms with Crippen molar-refractivity contribution in [2.75, 3.05) is 6.54 Å². The van der Waals surface area contributed by atoms with Gasteiger partial charge in [0.15, 0.2) is 5.17 Å². The van der Waals surface area contributed by atoms with Crippen LogP contribution in [0.4, 0.5) is 5.13 Å². The molecule has 7 nitrogen and oxygen atoms in total. The van der Waals surface area contributed by atoms with Gasteiger partial charge in [-0.25, -0.2) is 4.79 Å². The summed E-state index contributed by atoms with van der Waals surface area (Å²) in [7, 11) is 0. The number of amides is 1. The number of amidine groups is 1. The van der Waals surface area contributed by atoms with E-state index < -0.39 is 5.97 Å². The van der Waals surface area contributed by atoms with E-state index in [9.17, 15) is 9.59 Å². The Hall–Kier alpha value is -2.78. The molecule has 3 rings (SSSR count). The van der Waals surface area contributed by atoms with Crippen molar-refractivity contribution >= 4 is 51.4 Å². The largest absolute Gasteiger partial charge is 0.478 e. The molecule has 27 heavy (non-hydrogen) atoms. The zero-order valence-corrected chi connectivity index (χ0v) is 16.1. The summed E-state index contributed by atoms with van der Waals surface area (Å²) in [5, 5.41) is 19.0. The van der Waals surface area contributed by atoms with E-state index in [1.807, 2.05) is 6.92 Å². The van der Waals surface area contributed by atoms with Crippen molar-refractivity contribution in [2.45, 2.75) is 13.3 Å². The van der Waals surface area contributed by atoms with Crippen LogP contribution in [0.1, 0.15) is 27.9 Å². The molecule has 9 heteroatoms. The van der Waals surface area contributed by atoms with Crippen LogP contribution in [0.5, 0.6) is 0 Å². The van der Waals surface area contributed by atoms with Crippen molar-refractivity contribution in [1.29, 1.82) is 0 Å². The molecule has 0 unspecified atom stereocenters. The molecule has 2 aromatic rings. The molecule has 1 fully saturated rings. The zero-order valence-electron chi connectivity index (χ0n) is 14.5. The van der Waals surface area contributed by atoms with Crippen LogP contribution in [-0.4, -0.2) is 43.8 Å². The van der Waals surface area contributed by atoms with Gasteiger partial charge in [0.05, 0.1) is 10.5 Å². The second-order valence-corrected chi connectivity index (χ2v) is 7.52. The summed E-state index contributed by atoms with van der Waals surface area (Å²) in [6.07, 6.45) is 4.13. The minimum atomic E-state index is -0.990. The molecule has 1 aliphatic rings. The van der Waals surface area contributed by atoms with Gasteiger partial charge in [0.1, 0.15) is 5.01 Å². The van der Waals surface area contributed by atoms with E-state index in [-0.39, 0.29) is 11.5 Å². The number of carboxylic acids is 1. The van der Waals surface area contributed by atoms with Crippen LogP contribution >= 0.6 is 23.1 Å². The van der Waals surface area contributed by atoms with Crippen molar-refractivity contribution in [2.24, 2.45) is 4.99 Å². The maximum absolute atomic E-state index is 12.7. The number of carboxylic acid groups (broad SMARTS) is 1. The lowest BCUT2D eigenvalue weighted by molar-refractivity contribution is -0.121. The number of hydrogen-bond acceptors (Lipinski definition) is 7. The molecule has 1 aromatic carbocycles. The molecular weight excluding hydrogens is 384 g/mol. The number of aryl methyl sites for hydroxylation is 1. The van der Waals surface area contributed by atoms with Gasteiger partial charge < -0.3 is 5.11 Å². The average molecular weight is 400 g/mol. The Morgan fingerprint density at radius 1 is 1.33 bits per heavy atom. The minimum Gasteiger partial charge on any atom is -0.478 e. The van der Waals surface area contributed by atoms with Crippen molar-refractivity contribution < 1.29 is 14.7 Å². The van der Waals surface area contributed by atoms with Gasteiger partial charge in [0.25, 0.3) is 5.91 Å². The first-order valence-electron chi connectivity index (χ1n) is 8.08. The van der Waals surface area contributed by atoms with Crippen molar-refractivity contribution in [3.05, 3.63) is 58.0 Å². The third-order valence-electron chi connectivity index (χ3n) is 3.61. The number of aromatic carboxylic acids is 1. The Morgan fingerprint density at radius 3 is 2.67 bits per heavy atom. The summed E-state index contributed by atoms with van der Waals surface area (Å²) in [6, 6.07) is 6.33. The number of carbonyl (C=O) groups excluding carboxylic acids is 1. The number of hydrogen-bond donors (Lipinski definition) is 1. The minimum absolute atomic E-state index is 0.179. The van der Waals surface area contributed by atoms with Crippen LogP contribution in [0.15, 0.2) is 46.8 Å². The first kappa shape index (κ1) is 19.0. The Morgan fingerprint density at radius 2 is 2.07 bits per heavy atom. The van der Waals surface area contributed by atoms with Crippen LogP contribution in [-0.2, 0) is 11.2 Å². The molecule has 2 heterocycles. The molecule has 0 spiro atoms. The van der Waals surface area contributed by atoms with Crippen LogP contribution in [0.2, 0.25) is 0 Å². The number of aliphatic imine (C=N–C) groups is 1. The number of rotatable bonds is 6. The smallest absolute Gasteiger partial charge is 0.335 e. The Bertz CT molecular complexity index is 948. The van der Waals surface area contributed by atoms with Gasteiger partial charge in [-0.3, -0.25) is 9.69 Å². The summed E-state index contributed by atoms with van der Waals surface area (Å²) in [5.74, 6) is -1.17. The molecule has 138 valence electrons. The van der Waals surface area contributed by atoms with Crippen molar-refractivity contribution in [3.8, 4) is 0 Å². The van der Waals surface area contributed by atoms with Gasteiger partial charge in [-0.05, 0) is 42.0 Å². The summed E-state index contributed by atoms with van der Waals surface area (Å²) < 4.78 is 0. The lowest BCUT2D eigenvalue weighted by atomic mass is 10.1. The molecule has 0 atom stereocenters. The Balaban J connectivity index is 1.89. The summed E-state index contributed by atoms with van der Waals surface area (Å²) >= 11 is 2.63. The lowest BCUT2D eigenvalue weighted by Gasteiger charge is -2.11. The van der Waals surface area contributed by atoms with Crippen molar-refractivity contribution in [1.82, 2.24) is 15.1 Å². The number of nitrogens with zero attached hydrogens (tertiary/aromatic N) is 4. The van der Waals surface area contributed by atoms with E-state index >= 15 is 0 Å². The second kappa shape index (κ2) is 8.28. The fourth-order valence-electron chi connectivity index (χ4n) is 2.27. The standard InChI is InChI=1S/C18H16N4O3S2/c1-3-9-22-15(23)13(10-11-5-7-12(8-6-11)16(24)25)26-18(22)19-17-21-20-14(4-2)27-17/h3,5-8,10H,1,4,9H2,2H3,(H,24,25)/b13-10+,19-18?. The fraction of sp³-hybridized carbons (Fsp3) is 0.167. The van der Waals surface area contributed by atoms with E-state index in [1.165, 1.54) is 40.1 Å². The predicted molar refractivity (Wildman–Crippen MR) is 107 cm³/mol. The zero-order chi connectivity index (χ0) is 19.4. The van der Waals surface area contributed by atoms with Crippen LogP contribution in [0, 0.1) is 0 Å². The Labute approximate surface area is 164 Å². The van der Waals surface area contributed by atoms with E-state index in [1.54, 1.807) is 24.3 Å². The van der Waals surface area contributed by atoms with Crippen LogP contribution in [0.3, 0.4) is 0 Å². The lowest BCUT2D eigenvalue weighted by Crippen LogP contribution is -2.29. The molecule has 0 saturated carbocycles. The van der Waals surface area contributed by atoms with Gasteiger partial charge in [0.2, 0.25) is 5.13 Å². The molecule has 1 N–H and O–H groups in total. The van der Waals surface area contributed by atoms with E-state index in [2.05, 4.69) is 21.8 Å². The van der Waals surface area contributed by atoms with Gasteiger partial charge in [-0.15, -0.1) is 16.8 Å². The number of aromatic nitrogens is 2. The summed E-state index contributed by atoms with van der Waals surface area (Å²) in [4.78, 5) is 30.2. The van der Waals surface area contributed by atoms with Gasteiger partial charge in [-0.2, -0.15) is 4.99 Å². The summed E-state index contributed by atoms with van der Waals surface area (Å²) in [5.41, 5.74) is 0.931. The van der Waals surface area contributed by atoms with Gasteiger partial charge in [-0.1, -0.05) is 36.5 Å². The highest BCUT2D eigenvalue weighted by Gasteiger charge is 2.32. The van der Waals surface area contributed by atoms with Crippen LogP contribution < -0.4 is 0 Å².